The lowest BCUT2D eigenvalue weighted by molar-refractivity contribution is -0.121. The van der Waals surface area contributed by atoms with Crippen molar-refractivity contribution >= 4 is 23.4 Å². The van der Waals surface area contributed by atoms with Gasteiger partial charge < -0.3 is 5.11 Å². The van der Waals surface area contributed by atoms with Crippen molar-refractivity contribution in [3.8, 4) is 0 Å². The van der Waals surface area contributed by atoms with Crippen LogP contribution in [0, 0.1) is 11.7 Å². The van der Waals surface area contributed by atoms with E-state index < -0.39 is 17.3 Å². The van der Waals surface area contributed by atoms with E-state index in [1.807, 2.05) is 0 Å². The maximum absolute atomic E-state index is 13.9. The van der Waals surface area contributed by atoms with Crippen molar-refractivity contribution in [2.45, 2.75) is 26.7 Å². The number of rotatable bonds is 5. The highest BCUT2D eigenvalue weighted by molar-refractivity contribution is 6.33. The molecular formula is C13H14ClFO3. The normalized spacial score (nSPS) is 10.7. The molecule has 1 aromatic rings. The van der Waals surface area contributed by atoms with E-state index in [-0.39, 0.29) is 35.1 Å². The van der Waals surface area contributed by atoms with Crippen LogP contribution in [0.5, 0.6) is 0 Å². The summed E-state index contributed by atoms with van der Waals surface area (Å²) in [5.74, 6) is -2.36. The van der Waals surface area contributed by atoms with Crippen molar-refractivity contribution in [1.29, 1.82) is 0 Å². The number of carboxylic acid groups (broad SMARTS) is 1. The molecule has 98 valence electrons. The molecule has 0 fully saturated rings. The molecule has 5 heteroatoms. The predicted molar refractivity (Wildman–Crippen MR) is 66.5 cm³/mol. The second kappa shape index (κ2) is 5.96. The van der Waals surface area contributed by atoms with Crippen LogP contribution in [0.15, 0.2) is 12.1 Å². The third-order valence-corrected chi connectivity index (χ3v) is 2.98. The first-order valence-electron chi connectivity index (χ1n) is 5.57. The standard InChI is InChI=1S/C13H14ClFO3/c1-7(2)10(16)6-4-8-3-5-9(14)11(12(8)15)13(17)18/h3,5,7H,4,6H2,1-2H3,(H,17,18). The zero-order chi connectivity index (χ0) is 13.9. The molecule has 0 aromatic heterocycles. The molecule has 1 rings (SSSR count). The number of hydrogen-bond acceptors (Lipinski definition) is 2. The quantitative estimate of drug-likeness (QED) is 0.894. The molecule has 0 unspecified atom stereocenters. The number of hydrogen-bond donors (Lipinski definition) is 1. The van der Waals surface area contributed by atoms with Crippen LogP contribution >= 0.6 is 11.6 Å². The number of carbonyl (C=O) groups is 2. The van der Waals surface area contributed by atoms with Gasteiger partial charge in [-0.3, -0.25) is 4.79 Å². The van der Waals surface area contributed by atoms with Crippen LogP contribution in [0.3, 0.4) is 0 Å². The first-order chi connectivity index (χ1) is 8.34. The predicted octanol–water partition coefficient (Wildman–Crippen LogP) is 3.34. The molecule has 0 heterocycles. The summed E-state index contributed by atoms with van der Waals surface area (Å²) in [4.78, 5) is 22.3. The Bertz CT molecular complexity index is 483. The Balaban J connectivity index is 2.95. The van der Waals surface area contributed by atoms with Gasteiger partial charge in [0.2, 0.25) is 0 Å². The van der Waals surface area contributed by atoms with Gasteiger partial charge in [-0.2, -0.15) is 0 Å². The Labute approximate surface area is 110 Å². The lowest BCUT2D eigenvalue weighted by Gasteiger charge is -2.08. The second-order valence-corrected chi connectivity index (χ2v) is 4.73. The Morgan fingerprint density at radius 2 is 2.00 bits per heavy atom. The van der Waals surface area contributed by atoms with Crippen LogP contribution < -0.4 is 0 Å². The number of Topliss-reactive ketones (excluding diaryl/α,β-unsaturated/α-hetero) is 1. The smallest absolute Gasteiger partial charge is 0.340 e. The van der Waals surface area contributed by atoms with Gasteiger partial charge in [0.1, 0.15) is 17.2 Å². The van der Waals surface area contributed by atoms with Crippen molar-refractivity contribution in [2.75, 3.05) is 0 Å². The lowest BCUT2D eigenvalue weighted by Crippen LogP contribution is -2.10. The summed E-state index contributed by atoms with van der Waals surface area (Å²) >= 11 is 5.62. The maximum Gasteiger partial charge on any atom is 0.340 e. The van der Waals surface area contributed by atoms with Gasteiger partial charge in [-0.05, 0) is 18.1 Å². The topological polar surface area (TPSA) is 54.4 Å². The van der Waals surface area contributed by atoms with E-state index in [1.54, 1.807) is 13.8 Å². The van der Waals surface area contributed by atoms with Gasteiger partial charge in [0.25, 0.3) is 0 Å². The number of aryl methyl sites for hydroxylation is 1. The van der Waals surface area contributed by atoms with Crippen molar-refractivity contribution < 1.29 is 19.1 Å². The highest BCUT2D eigenvalue weighted by Crippen LogP contribution is 2.23. The van der Waals surface area contributed by atoms with Crippen LogP contribution in [0.4, 0.5) is 4.39 Å². The van der Waals surface area contributed by atoms with Gasteiger partial charge >= 0.3 is 5.97 Å². The number of halogens is 2. The van der Waals surface area contributed by atoms with E-state index in [4.69, 9.17) is 16.7 Å². The first kappa shape index (κ1) is 14.6. The van der Waals surface area contributed by atoms with Crippen molar-refractivity contribution in [2.24, 2.45) is 5.92 Å². The zero-order valence-electron chi connectivity index (χ0n) is 10.2. The molecule has 0 bridgehead atoms. The highest BCUT2D eigenvalue weighted by Gasteiger charge is 2.19. The van der Waals surface area contributed by atoms with Crippen LogP contribution in [0.1, 0.15) is 36.2 Å². The first-order valence-corrected chi connectivity index (χ1v) is 5.95. The molecule has 0 radical (unpaired) electrons. The number of benzene rings is 1. The summed E-state index contributed by atoms with van der Waals surface area (Å²) in [5.41, 5.74) is -0.336. The molecule has 0 aliphatic rings. The molecule has 18 heavy (non-hydrogen) atoms. The Morgan fingerprint density at radius 1 is 1.39 bits per heavy atom. The summed E-state index contributed by atoms with van der Waals surface area (Å²) in [6, 6.07) is 2.75. The fourth-order valence-corrected chi connectivity index (χ4v) is 1.76. The third-order valence-electron chi connectivity index (χ3n) is 2.67. The SMILES string of the molecule is CC(C)C(=O)CCc1ccc(Cl)c(C(=O)O)c1F. The van der Waals surface area contributed by atoms with Crippen LogP contribution in [-0.4, -0.2) is 16.9 Å². The molecule has 0 atom stereocenters. The molecule has 0 spiro atoms. The van der Waals surface area contributed by atoms with Gasteiger partial charge in [-0.25, -0.2) is 9.18 Å². The summed E-state index contributed by atoms with van der Waals surface area (Å²) in [7, 11) is 0. The largest absolute Gasteiger partial charge is 0.478 e. The zero-order valence-corrected chi connectivity index (χ0v) is 10.9. The van der Waals surface area contributed by atoms with Crippen LogP contribution in [0.2, 0.25) is 5.02 Å². The minimum absolute atomic E-state index is 0.0150. The number of carbonyl (C=O) groups excluding carboxylic acids is 1. The molecular weight excluding hydrogens is 259 g/mol. The minimum Gasteiger partial charge on any atom is -0.478 e. The summed E-state index contributed by atoms with van der Waals surface area (Å²) in [6.45, 7) is 3.53. The number of carboxylic acids is 1. The average molecular weight is 273 g/mol. The average Bonchev–Trinajstić information content (AvgIpc) is 2.27. The molecule has 0 amide bonds. The van der Waals surface area contributed by atoms with Crippen LogP contribution in [-0.2, 0) is 11.2 Å². The number of ketones is 1. The Hall–Kier alpha value is -1.42. The fourth-order valence-electron chi connectivity index (χ4n) is 1.53. The summed E-state index contributed by atoms with van der Waals surface area (Å²) in [6.07, 6.45) is 0.371. The monoisotopic (exact) mass is 272 g/mol. The molecule has 1 aromatic carbocycles. The maximum atomic E-state index is 13.9. The second-order valence-electron chi connectivity index (χ2n) is 4.32. The number of aromatic carboxylic acids is 1. The van der Waals surface area contributed by atoms with Gasteiger partial charge in [0.05, 0.1) is 5.02 Å². The minimum atomic E-state index is -1.41. The van der Waals surface area contributed by atoms with E-state index >= 15 is 0 Å². The van der Waals surface area contributed by atoms with Gasteiger partial charge in [0, 0.05) is 12.3 Å². The van der Waals surface area contributed by atoms with Crippen molar-refractivity contribution in [1.82, 2.24) is 0 Å². The fraction of sp³-hybridized carbons (Fsp3) is 0.385. The van der Waals surface area contributed by atoms with Gasteiger partial charge in [0.15, 0.2) is 0 Å². The van der Waals surface area contributed by atoms with Crippen LogP contribution in [0.25, 0.3) is 0 Å². The van der Waals surface area contributed by atoms with Crippen molar-refractivity contribution in [3.05, 3.63) is 34.1 Å². The van der Waals surface area contributed by atoms with E-state index in [1.165, 1.54) is 12.1 Å². The Morgan fingerprint density at radius 3 is 2.50 bits per heavy atom. The molecule has 0 aliphatic heterocycles. The summed E-state index contributed by atoms with van der Waals surface area (Å²) in [5, 5.41) is 8.71. The van der Waals surface area contributed by atoms with Crippen molar-refractivity contribution in [3.63, 3.8) is 0 Å². The molecule has 1 N–H and O–H groups in total. The summed E-state index contributed by atoms with van der Waals surface area (Å²) < 4.78 is 13.9. The van der Waals surface area contributed by atoms with E-state index in [2.05, 4.69) is 0 Å². The lowest BCUT2D eigenvalue weighted by atomic mass is 9.99. The van der Waals surface area contributed by atoms with E-state index in [0.717, 1.165) is 0 Å². The third kappa shape index (κ3) is 3.29. The highest BCUT2D eigenvalue weighted by atomic mass is 35.5. The molecule has 0 saturated carbocycles. The van der Waals surface area contributed by atoms with E-state index in [0.29, 0.717) is 0 Å². The molecule has 3 nitrogen and oxygen atoms in total. The van der Waals surface area contributed by atoms with Gasteiger partial charge in [-0.15, -0.1) is 0 Å². The van der Waals surface area contributed by atoms with E-state index in [9.17, 15) is 14.0 Å². The Kier molecular flexibility index (Phi) is 4.84. The van der Waals surface area contributed by atoms with Gasteiger partial charge in [-0.1, -0.05) is 31.5 Å². The molecule has 0 saturated heterocycles. The molecule has 0 aliphatic carbocycles.